The summed E-state index contributed by atoms with van der Waals surface area (Å²) in [5.41, 5.74) is 0.792. The number of nitrogens with zero attached hydrogens (tertiary/aromatic N) is 1. The predicted octanol–water partition coefficient (Wildman–Crippen LogP) is 4.37. The van der Waals surface area contributed by atoms with Crippen molar-refractivity contribution in [2.24, 2.45) is 0 Å². The van der Waals surface area contributed by atoms with Crippen LogP contribution in [0.1, 0.15) is 30.0 Å². The van der Waals surface area contributed by atoms with E-state index in [1.807, 2.05) is 0 Å². The van der Waals surface area contributed by atoms with Gasteiger partial charge in [-0.05, 0) is 48.7 Å². The quantitative estimate of drug-likeness (QED) is 0.390. The highest BCUT2D eigenvalue weighted by Crippen LogP contribution is 2.44. The zero-order chi connectivity index (χ0) is 23.1. The highest BCUT2D eigenvalue weighted by Gasteiger charge is 2.47. The summed E-state index contributed by atoms with van der Waals surface area (Å²) in [6.07, 6.45) is 1.48. The van der Waals surface area contributed by atoms with E-state index in [0.717, 1.165) is 12.8 Å². The maximum absolute atomic E-state index is 13.2. The van der Waals surface area contributed by atoms with Gasteiger partial charge in [0.25, 0.3) is 11.7 Å². The Labute approximate surface area is 200 Å². The number of aliphatic hydroxyl groups excluding tert-OH is 1. The second-order valence-electron chi connectivity index (χ2n) is 8.11. The van der Waals surface area contributed by atoms with Gasteiger partial charge in [0.2, 0.25) is 0 Å². The Hall–Kier alpha value is -2.74. The van der Waals surface area contributed by atoms with Gasteiger partial charge in [-0.15, -0.1) is 0 Å². The Morgan fingerprint density at radius 2 is 1.82 bits per heavy atom. The summed E-state index contributed by atoms with van der Waals surface area (Å²) in [6, 6.07) is 8.85. The van der Waals surface area contributed by atoms with Crippen LogP contribution in [-0.4, -0.2) is 54.2 Å². The van der Waals surface area contributed by atoms with Crippen molar-refractivity contribution >= 4 is 40.7 Å². The molecule has 7 nitrogen and oxygen atoms in total. The van der Waals surface area contributed by atoms with Crippen LogP contribution in [0.3, 0.4) is 0 Å². The first-order chi connectivity index (χ1) is 15.9. The molecule has 3 aliphatic rings. The van der Waals surface area contributed by atoms with Crippen LogP contribution in [-0.2, 0) is 14.3 Å². The third kappa shape index (κ3) is 4.05. The summed E-state index contributed by atoms with van der Waals surface area (Å²) in [4.78, 5) is 27.7. The van der Waals surface area contributed by atoms with Crippen molar-refractivity contribution in [3.8, 4) is 11.5 Å². The number of likely N-dealkylation sites (tertiary alicyclic amines) is 1. The number of rotatable bonds is 4. The number of hydrogen-bond acceptors (Lipinski definition) is 6. The molecule has 2 aromatic carbocycles. The molecule has 2 atom stereocenters. The molecule has 3 heterocycles. The van der Waals surface area contributed by atoms with E-state index in [1.165, 1.54) is 4.90 Å². The molecule has 2 aromatic rings. The second kappa shape index (κ2) is 8.89. The number of Topliss-reactive ketones (excluding diaryl/α,β-unsaturated/α-hetero) is 1. The van der Waals surface area contributed by atoms with Crippen molar-refractivity contribution in [2.75, 3.05) is 26.4 Å². The second-order valence-corrected chi connectivity index (χ2v) is 8.95. The molecular weight excluding hydrogens is 469 g/mol. The number of ketones is 1. The lowest BCUT2D eigenvalue weighted by molar-refractivity contribution is -0.140. The number of benzene rings is 2. The van der Waals surface area contributed by atoms with Crippen LogP contribution in [0.4, 0.5) is 0 Å². The number of fused-ring (bicyclic) bond motifs is 1. The van der Waals surface area contributed by atoms with E-state index < -0.39 is 17.7 Å². The van der Waals surface area contributed by atoms with Gasteiger partial charge < -0.3 is 24.2 Å². The molecule has 0 aliphatic carbocycles. The van der Waals surface area contributed by atoms with Crippen LogP contribution in [0.2, 0.25) is 10.0 Å². The highest BCUT2D eigenvalue weighted by atomic mass is 35.5. The summed E-state index contributed by atoms with van der Waals surface area (Å²) in [5.74, 6) is -0.790. The van der Waals surface area contributed by atoms with Gasteiger partial charge >= 0.3 is 0 Å². The number of halogens is 2. The SMILES string of the molecule is O=C1C(=O)N(CC2CCCO2)C(c2ccc(Cl)cc2Cl)/C1=C(/O)c1ccc2c(c1)OCCO2. The van der Waals surface area contributed by atoms with Gasteiger partial charge in [0, 0.05) is 28.8 Å². The smallest absolute Gasteiger partial charge is 0.295 e. The van der Waals surface area contributed by atoms with E-state index in [9.17, 15) is 14.7 Å². The molecular formula is C24H21Cl2NO6. The molecule has 2 unspecified atom stereocenters. The number of ether oxygens (including phenoxy) is 3. The van der Waals surface area contributed by atoms with Crippen LogP contribution in [0.5, 0.6) is 11.5 Å². The van der Waals surface area contributed by atoms with Crippen LogP contribution in [0, 0.1) is 0 Å². The lowest BCUT2D eigenvalue weighted by Gasteiger charge is -2.28. The van der Waals surface area contributed by atoms with Crippen molar-refractivity contribution in [1.82, 2.24) is 4.90 Å². The van der Waals surface area contributed by atoms with E-state index in [0.29, 0.717) is 52.5 Å². The molecule has 2 fully saturated rings. The summed E-state index contributed by atoms with van der Waals surface area (Å²) >= 11 is 12.6. The highest BCUT2D eigenvalue weighted by molar-refractivity contribution is 6.47. The van der Waals surface area contributed by atoms with E-state index in [1.54, 1.807) is 36.4 Å². The number of aliphatic hydroxyl groups is 1. The predicted molar refractivity (Wildman–Crippen MR) is 122 cm³/mol. The van der Waals surface area contributed by atoms with Gasteiger partial charge in [-0.2, -0.15) is 0 Å². The number of carbonyl (C=O) groups is 2. The lowest BCUT2D eigenvalue weighted by atomic mass is 9.95. The molecule has 1 N–H and O–H groups in total. The molecule has 0 saturated carbocycles. The summed E-state index contributed by atoms with van der Waals surface area (Å²) < 4.78 is 16.8. The molecule has 3 aliphatic heterocycles. The van der Waals surface area contributed by atoms with Crippen LogP contribution >= 0.6 is 23.2 Å². The van der Waals surface area contributed by atoms with Crippen LogP contribution in [0.25, 0.3) is 5.76 Å². The maximum atomic E-state index is 13.2. The van der Waals surface area contributed by atoms with Crippen molar-refractivity contribution in [3.05, 3.63) is 63.1 Å². The fourth-order valence-electron chi connectivity index (χ4n) is 4.47. The molecule has 0 aromatic heterocycles. The monoisotopic (exact) mass is 489 g/mol. The number of carbonyl (C=O) groups excluding carboxylic acids is 2. The summed E-state index contributed by atoms with van der Waals surface area (Å²) in [5, 5.41) is 12.0. The van der Waals surface area contributed by atoms with Gasteiger partial charge in [-0.1, -0.05) is 29.3 Å². The minimum absolute atomic E-state index is 0.0427. The van der Waals surface area contributed by atoms with E-state index >= 15 is 0 Å². The van der Waals surface area contributed by atoms with Gasteiger partial charge in [-0.3, -0.25) is 9.59 Å². The standard InChI is InChI=1S/C24H21Cl2NO6/c25-14-4-5-16(17(26)11-14)21-20(23(29)24(30)27(21)12-15-2-1-7-31-15)22(28)13-3-6-18-19(10-13)33-9-8-32-18/h3-6,10-11,15,21,28H,1-2,7-9,12H2/b22-20-. The molecule has 0 bridgehead atoms. The molecule has 33 heavy (non-hydrogen) atoms. The van der Waals surface area contributed by atoms with E-state index in [-0.39, 0.29) is 24.0 Å². The van der Waals surface area contributed by atoms with Crippen molar-refractivity contribution in [1.29, 1.82) is 0 Å². The fraction of sp³-hybridized carbons (Fsp3) is 0.333. The zero-order valence-electron chi connectivity index (χ0n) is 17.6. The summed E-state index contributed by atoms with van der Waals surface area (Å²) in [7, 11) is 0. The lowest BCUT2D eigenvalue weighted by Crippen LogP contribution is -2.36. The van der Waals surface area contributed by atoms with Gasteiger partial charge in [0.1, 0.15) is 19.0 Å². The average molecular weight is 490 g/mol. The number of hydrogen-bond donors (Lipinski definition) is 1. The molecule has 0 spiro atoms. The van der Waals surface area contributed by atoms with Crippen LogP contribution < -0.4 is 9.47 Å². The first-order valence-corrected chi connectivity index (χ1v) is 11.4. The topological polar surface area (TPSA) is 85.3 Å². The normalized spacial score (nSPS) is 23.9. The molecule has 5 rings (SSSR count). The van der Waals surface area contributed by atoms with Gasteiger partial charge in [0.15, 0.2) is 11.5 Å². The first kappa shape index (κ1) is 22.1. The molecule has 172 valence electrons. The Balaban J connectivity index is 1.63. The largest absolute Gasteiger partial charge is 0.507 e. The van der Waals surface area contributed by atoms with E-state index in [2.05, 4.69) is 0 Å². The zero-order valence-corrected chi connectivity index (χ0v) is 19.1. The molecule has 0 radical (unpaired) electrons. The average Bonchev–Trinajstić information content (AvgIpc) is 3.41. The van der Waals surface area contributed by atoms with Crippen molar-refractivity contribution in [3.63, 3.8) is 0 Å². The molecule has 9 heteroatoms. The third-order valence-corrected chi connectivity index (χ3v) is 6.60. The third-order valence-electron chi connectivity index (χ3n) is 6.04. The van der Waals surface area contributed by atoms with Crippen LogP contribution in [0.15, 0.2) is 42.0 Å². The van der Waals surface area contributed by atoms with Crippen molar-refractivity contribution in [2.45, 2.75) is 25.0 Å². The Morgan fingerprint density at radius 1 is 1.03 bits per heavy atom. The fourth-order valence-corrected chi connectivity index (χ4v) is 4.98. The minimum atomic E-state index is -0.882. The minimum Gasteiger partial charge on any atom is -0.507 e. The molecule has 2 saturated heterocycles. The maximum Gasteiger partial charge on any atom is 0.295 e. The Morgan fingerprint density at radius 3 is 2.55 bits per heavy atom. The molecule has 1 amide bonds. The number of amides is 1. The van der Waals surface area contributed by atoms with Crippen molar-refractivity contribution < 1.29 is 28.9 Å². The van der Waals surface area contributed by atoms with E-state index in [4.69, 9.17) is 37.4 Å². The Kier molecular flexibility index (Phi) is 5.95. The first-order valence-electron chi connectivity index (χ1n) is 10.7. The van der Waals surface area contributed by atoms with Gasteiger partial charge in [-0.25, -0.2) is 0 Å². The van der Waals surface area contributed by atoms with Gasteiger partial charge in [0.05, 0.1) is 17.7 Å². The summed E-state index contributed by atoms with van der Waals surface area (Å²) in [6.45, 7) is 1.63. The Bertz CT molecular complexity index is 1160.